The molecule has 1 N–H and O–H groups in total. The third-order valence-electron chi connectivity index (χ3n) is 7.84. The average Bonchev–Trinajstić information content (AvgIpc) is 3.72. The minimum Gasteiger partial charge on any atom is -0.308 e. The number of pyridine rings is 1. The van der Waals surface area contributed by atoms with Gasteiger partial charge in [0, 0.05) is 24.9 Å². The van der Waals surface area contributed by atoms with Crippen LogP contribution in [0.5, 0.6) is 0 Å². The average molecular weight is 599 g/mol. The van der Waals surface area contributed by atoms with Crippen molar-refractivity contribution in [2.24, 2.45) is 5.92 Å². The van der Waals surface area contributed by atoms with Crippen LogP contribution in [0.25, 0.3) is 33.7 Å². The molecular formula is C36H38N8O. The lowest BCUT2D eigenvalue weighted by molar-refractivity contribution is -0.118. The van der Waals surface area contributed by atoms with Crippen LogP contribution in [0.15, 0.2) is 91.0 Å². The highest BCUT2D eigenvalue weighted by Crippen LogP contribution is 2.30. The van der Waals surface area contributed by atoms with Gasteiger partial charge in [-0.2, -0.15) is 5.21 Å². The van der Waals surface area contributed by atoms with Gasteiger partial charge in [-0.25, -0.2) is 9.97 Å². The van der Waals surface area contributed by atoms with Gasteiger partial charge in [-0.15, -0.1) is 10.2 Å². The van der Waals surface area contributed by atoms with E-state index >= 15 is 0 Å². The van der Waals surface area contributed by atoms with Gasteiger partial charge in [0.1, 0.15) is 17.2 Å². The Kier molecular flexibility index (Phi) is 9.05. The van der Waals surface area contributed by atoms with Crippen molar-refractivity contribution in [2.45, 2.75) is 53.0 Å². The summed E-state index contributed by atoms with van der Waals surface area (Å²) in [6.07, 6.45) is 2.94. The molecule has 0 aliphatic carbocycles. The SMILES string of the molecule is CCCc1nc2ccc(N(CC(C)C)C(=O)CCc3ccccc3)nc2n1Cc1ccc(-c2ccccc2-c2nn[nH]n2)cc1. The summed E-state index contributed by atoms with van der Waals surface area (Å²) < 4.78 is 2.20. The number of rotatable bonds is 12. The first-order valence-electron chi connectivity index (χ1n) is 15.6. The molecule has 9 heteroatoms. The third-order valence-corrected chi connectivity index (χ3v) is 7.84. The molecule has 0 bridgehead atoms. The molecule has 0 saturated heterocycles. The molecule has 9 nitrogen and oxygen atoms in total. The second-order valence-electron chi connectivity index (χ2n) is 11.7. The smallest absolute Gasteiger partial charge is 0.228 e. The molecule has 6 aromatic rings. The van der Waals surface area contributed by atoms with E-state index in [0.29, 0.717) is 43.5 Å². The molecule has 6 rings (SSSR count). The van der Waals surface area contributed by atoms with Crippen molar-refractivity contribution >= 4 is 22.9 Å². The number of hydrogen-bond acceptors (Lipinski definition) is 6. The summed E-state index contributed by atoms with van der Waals surface area (Å²) in [5.74, 6) is 2.61. The van der Waals surface area contributed by atoms with Gasteiger partial charge in [0.25, 0.3) is 0 Å². The zero-order chi connectivity index (χ0) is 31.2. The summed E-state index contributed by atoms with van der Waals surface area (Å²) in [4.78, 5) is 25.5. The minimum absolute atomic E-state index is 0.0796. The molecule has 0 spiro atoms. The first kappa shape index (κ1) is 29.9. The first-order valence-corrected chi connectivity index (χ1v) is 15.6. The summed E-state index contributed by atoms with van der Waals surface area (Å²) in [7, 11) is 0. The molecular weight excluding hydrogens is 560 g/mol. The molecule has 0 aliphatic heterocycles. The fraction of sp³-hybridized carbons (Fsp3) is 0.278. The van der Waals surface area contributed by atoms with E-state index in [1.807, 2.05) is 53.4 Å². The lowest BCUT2D eigenvalue weighted by Gasteiger charge is -2.24. The minimum atomic E-state index is 0.0796. The van der Waals surface area contributed by atoms with Crippen LogP contribution < -0.4 is 4.90 Å². The fourth-order valence-corrected chi connectivity index (χ4v) is 5.67. The maximum absolute atomic E-state index is 13.6. The van der Waals surface area contributed by atoms with E-state index in [4.69, 9.17) is 9.97 Å². The van der Waals surface area contributed by atoms with E-state index in [1.54, 1.807) is 0 Å². The Morgan fingerprint density at radius 2 is 1.60 bits per heavy atom. The molecule has 0 radical (unpaired) electrons. The second-order valence-corrected chi connectivity index (χ2v) is 11.7. The maximum Gasteiger partial charge on any atom is 0.228 e. The number of carbonyl (C=O) groups excluding carboxylic acids is 1. The van der Waals surface area contributed by atoms with Gasteiger partial charge >= 0.3 is 0 Å². The summed E-state index contributed by atoms with van der Waals surface area (Å²) >= 11 is 0. The van der Waals surface area contributed by atoms with Crippen molar-refractivity contribution in [3.63, 3.8) is 0 Å². The number of aromatic nitrogens is 7. The Balaban J connectivity index is 1.29. The Labute approximate surface area is 263 Å². The molecule has 228 valence electrons. The molecule has 45 heavy (non-hydrogen) atoms. The lowest BCUT2D eigenvalue weighted by atomic mass is 9.98. The summed E-state index contributed by atoms with van der Waals surface area (Å²) in [6.45, 7) is 7.65. The number of aromatic amines is 1. The maximum atomic E-state index is 13.6. The van der Waals surface area contributed by atoms with Gasteiger partial charge in [-0.05, 0) is 58.4 Å². The van der Waals surface area contributed by atoms with Gasteiger partial charge in [-0.3, -0.25) is 9.69 Å². The molecule has 0 fully saturated rings. The number of fused-ring (bicyclic) bond motifs is 1. The van der Waals surface area contributed by atoms with Crippen LogP contribution in [-0.4, -0.2) is 47.6 Å². The Morgan fingerprint density at radius 3 is 2.31 bits per heavy atom. The number of tetrazole rings is 1. The van der Waals surface area contributed by atoms with Gasteiger partial charge in [0.2, 0.25) is 11.7 Å². The number of amides is 1. The van der Waals surface area contributed by atoms with E-state index in [0.717, 1.165) is 57.6 Å². The highest BCUT2D eigenvalue weighted by Gasteiger charge is 2.21. The van der Waals surface area contributed by atoms with Crippen LogP contribution in [0, 0.1) is 5.92 Å². The number of imidazole rings is 1. The number of H-pyrrole nitrogens is 1. The van der Waals surface area contributed by atoms with Crippen LogP contribution in [0.2, 0.25) is 0 Å². The highest BCUT2D eigenvalue weighted by atomic mass is 16.2. The van der Waals surface area contributed by atoms with Gasteiger partial charge in [0.05, 0.1) is 6.54 Å². The molecule has 0 atom stereocenters. The number of nitrogens with zero attached hydrogens (tertiary/aromatic N) is 7. The first-order chi connectivity index (χ1) is 22.0. The number of anilines is 1. The highest BCUT2D eigenvalue weighted by molar-refractivity contribution is 5.93. The normalized spacial score (nSPS) is 11.4. The van der Waals surface area contributed by atoms with Crippen molar-refractivity contribution in [3.8, 4) is 22.5 Å². The number of benzene rings is 3. The van der Waals surface area contributed by atoms with Crippen molar-refractivity contribution < 1.29 is 4.79 Å². The van der Waals surface area contributed by atoms with Gasteiger partial charge in [-0.1, -0.05) is 99.6 Å². The largest absolute Gasteiger partial charge is 0.308 e. The predicted octanol–water partition coefficient (Wildman–Crippen LogP) is 6.90. The van der Waals surface area contributed by atoms with E-state index in [2.05, 4.69) is 88.4 Å². The number of nitrogens with one attached hydrogen (secondary N) is 1. The fourth-order valence-electron chi connectivity index (χ4n) is 5.67. The van der Waals surface area contributed by atoms with Gasteiger partial charge < -0.3 is 4.57 Å². The second kappa shape index (κ2) is 13.6. The molecule has 3 aromatic carbocycles. The molecule has 3 heterocycles. The Morgan fingerprint density at radius 1 is 0.844 bits per heavy atom. The molecule has 1 amide bonds. The van der Waals surface area contributed by atoms with E-state index in [-0.39, 0.29) is 5.91 Å². The Hall–Kier alpha value is -5.18. The van der Waals surface area contributed by atoms with Crippen molar-refractivity contribution in [3.05, 3.63) is 108 Å². The third kappa shape index (κ3) is 6.82. The topological polar surface area (TPSA) is 105 Å². The van der Waals surface area contributed by atoms with E-state index in [1.165, 1.54) is 0 Å². The predicted molar refractivity (Wildman–Crippen MR) is 178 cm³/mol. The molecule has 0 unspecified atom stereocenters. The zero-order valence-electron chi connectivity index (χ0n) is 26.0. The van der Waals surface area contributed by atoms with Gasteiger partial charge in [0.15, 0.2) is 5.65 Å². The van der Waals surface area contributed by atoms with E-state index in [9.17, 15) is 4.79 Å². The Bertz CT molecular complexity index is 1860. The van der Waals surface area contributed by atoms with Crippen LogP contribution in [0.4, 0.5) is 5.82 Å². The number of aryl methyl sites for hydroxylation is 2. The molecule has 0 aliphatic rings. The summed E-state index contributed by atoms with van der Waals surface area (Å²) in [5, 5.41) is 14.6. The standard InChI is InChI=1S/C36H38N8O/c1-4-10-32-37-31-20-21-33(43(23-25(2)3)34(45)22-17-26-11-6-5-7-12-26)38-36(31)44(32)24-27-15-18-28(19-16-27)29-13-8-9-14-30(29)35-39-41-42-40-35/h5-9,11-16,18-21,25H,4,10,17,22-24H2,1-3H3,(H,39,40,41,42). The quantitative estimate of drug-likeness (QED) is 0.164. The number of carbonyl (C=O) groups is 1. The summed E-state index contributed by atoms with van der Waals surface area (Å²) in [5.41, 5.74) is 6.97. The van der Waals surface area contributed by atoms with Crippen molar-refractivity contribution in [2.75, 3.05) is 11.4 Å². The van der Waals surface area contributed by atoms with Crippen LogP contribution >= 0.6 is 0 Å². The van der Waals surface area contributed by atoms with Crippen molar-refractivity contribution in [1.29, 1.82) is 0 Å². The molecule has 3 aromatic heterocycles. The van der Waals surface area contributed by atoms with Crippen LogP contribution in [0.1, 0.15) is 50.6 Å². The lowest BCUT2D eigenvalue weighted by Crippen LogP contribution is -2.35. The zero-order valence-corrected chi connectivity index (χ0v) is 26.0. The van der Waals surface area contributed by atoms with Crippen molar-refractivity contribution in [1.82, 2.24) is 35.2 Å². The van der Waals surface area contributed by atoms with Crippen LogP contribution in [0.3, 0.4) is 0 Å². The van der Waals surface area contributed by atoms with E-state index < -0.39 is 0 Å². The summed E-state index contributed by atoms with van der Waals surface area (Å²) in [6, 6.07) is 30.7. The van der Waals surface area contributed by atoms with Crippen LogP contribution in [-0.2, 0) is 24.2 Å². The number of hydrogen-bond donors (Lipinski definition) is 1. The monoisotopic (exact) mass is 598 g/mol. The molecule has 0 saturated carbocycles.